The van der Waals surface area contributed by atoms with Crippen molar-refractivity contribution >= 4 is 6.08 Å². The van der Waals surface area contributed by atoms with Crippen molar-refractivity contribution in [1.82, 2.24) is 0 Å². The predicted molar refractivity (Wildman–Crippen MR) is 84.7 cm³/mol. The van der Waals surface area contributed by atoms with Gasteiger partial charge in [0, 0.05) is 6.42 Å². The number of benzene rings is 2. The highest BCUT2D eigenvalue weighted by Crippen LogP contribution is 2.27. The van der Waals surface area contributed by atoms with E-state index in [4.69, 9.17) is 9.47 Å². The molecule has 2 aromatic rings. The Morgan fingerprint density at radius 1 is 1.05 bits per heavy atom. The molecule has 2 heteroatoms. The molecular weight excluding hydrogens is 260 g/mol. The summed E-state index contributed by atoms with van der Waals surface area (Å²) in [4.78, 5) is 0. The summed E-state index contributed by atoms with van der Waals surface area (Å²) in [6.07, 6.45) is 2.94. The van der Waals surface area contributed by atoms with Gasteiger partial charge in [-0.2, -0.15) is 0 Å². The first-order chi connectivity index (χ1) is 10.3. The van der Waals surface area contributed by atoms with E-state index in [0.717, 1.165) is 6.42 Å². The first-order valence-corrected chi connectivity index (χ1v) is 7.38. The average Bonchev–Trinajstić information content (AvgIpc) is 2.96. The quantitative estimate of drug-likeness (QED) is 0.815. The van der Waals surface area contributed by atoms with Gasteiger partial charge in [0.2, 0.25) is 0 Å². The van der Waals surface area contributed by atoms with Gasteiger partial charge in [0.05, 0.1) is 12.7 Å². The molecule has 1 fully saturated rings. The Bertz CT molecular complexity index is 589. The lowest BCUT2D eigenvalue weighted by Crippen LogP contribution is -2.13. The second-order valence-electron chi connectivity index (χ2n) is 5.35. The SMILES string of the molecule is C[C@@H](O[C@H]1C/C(=C/c2ccccc2)CO1)c1ccccc1. The van der Waals surface area contributed by atoms with Gasteiger partial charge < -0.3 is 9.47 Å². The van der Waals surface area contributed by atoms with Crippen LogP contribution in [0.15, 0.2) is 66.2 Å². The molecule has 0 bridgehead atoms. The maximum Gasteiger partial charge on any atom is 0.162 e. The molecule has 3 rings (SSSR count). The minimum Gasteiger partial charge on any atom is -0.348 e. The van der Waals surface area contributed by atoms with Gasteiger partial charge in [0.25, 0.3) is 0 Å². The summed E-state index contributed by atoms with van der Waals surface area (Å²) in [5.74, 6) is 0. The molecule has 2 aromatic carbocycles. The zero-order valence-corrected chi connectivity index (χ0v) is 12.2. The Balaban J connectivity index is 1.59. The lowest BCUT2D eigenvalue weighted by atomic mass is 10.1. The minimum absolute atomic E-state index is 0.0484. The Kier molecular flexibility index (Phi) is 4.49. The van der Waals surface area contributed by atoms with E-state index in [-0.39, 0.29) is 12.4 Å². The van der Waals surface area contributed by atoms with Crippen LogP contribution in [0.2, 0.25) is 0 Å². The molecule has 2 atom stereocenters. The van der Waals surface area contributed by atoms with Gasteiger partial charge in [-0.3, -0.25) is 0 Å². The largest absolute Gasteiger partial charge is 0.348 e. The second-order valence-corrected chi connectivity index (χ2v) is 5.35. The van der Waals surface area contributed by atoms with Crippen molar-refractivity contribution in [2.24, 2.45) is 0 Å². The van der Waals surface area contributed by atoms with Crippen LogP contribution in [0, 0.1) is 0 Å². The Morgan fingerprint density at radius 3 is 2.43 bits per heavy atom. The van der Waals surface area contributed by atoms with Crippen LogP contribution in [0.25, 0.3) is 6.08 Å². The smallest absolute Gasteiger partial charge is 0.162 e. The highest BCUT2D eigenvalue weighted by molar-refractivity contribution is 5.53. The molecule has 0 radical (unpaired) electrons. The molecule has 0 amide bonds. The lowest BCUT2D eigenvalue weighted by Gasteiger charge is -2.17. The monoisotopic (exact) mass is 280 g/mol. The highest BCUT2D eigenvalue weighted by Gasteiger charge is 2.23. The maximum absolute atomic E-state index is 6.00. The van der Waals surface area contributed by atoms with Crippen molar-refractivity contribution in [2.45, 2.75) is 25.7 Å². The van der Waals surface area contributed by atoms with E-state index in [9.17, 15) is 0 Å². The molecular formula is C19H20O2. The molecule has 0 saturated carbocycles. The molecule has 0 N–H and O–H groups in total. The van der Waals surface area contributed by atoms with Gasteiger partial charge in [-0.05, 0) is 23.6 Å². The van der Waals surface area contributed by atoms with Gasteiger partial charge in [0.1, 0.15) is 0 Å². The van der Waals surface area contributed by atoms with Crippen molar-refractivity contribution in [1.29, 1.82) is 0 Å². The van der Waals surface area contributed by atoms with Crippen molar-refractivity contribution < 1.29 is 9.47 Å². The molecule has 21 heavy (non-hydrogen) atoms. The summed E-state index contributed by atoms with van der Waals surface area (Å²) in [5, 5.41) is 0. The molecule has 1 heterocycles. The molecule has 2 nitrogen and oxygen atoms in total. The van der Waals surface area contributed by atoms with E-state index in [1.165, 1.54) is 16.7 Å². The number of ether oxygens (including phenoxy) is 2. The van der Waals surface area contributed by atoms with E-state index in [1.54, 1.807) is 0 Å². The van der Waals surface area contributed by atoms with Crippen LogP contribution in [-0.2, 0) is 9.47 Å². The fourth-order valence-corrected chi connectivity index (χ4v) is 2.54. The Labute approximate surface area is 126 Å². The molecule has 1 aliphatic rings. The third-order valence-corrected chi connectivity index (χ3v) is 3.68. The van der Waals surface area contributed by atoms with E-state index in [1.807, 2.05) is 36.4 Å². The summed E-state index contributed by atoms with van der Waals surface area (Å²) in [6.45, 7) is 2.72. The van der Waals surface area contributed by atoms with Crippen LogP contribution < -0.4 is 0 Å². The molecule has 1 aliphatic heterocycles. The fourth-order valence-electron chi connectivity index (χ4n) is 2.54. The third kappa shape index (κ3) is 3.81. The molecule has 0 aromatic heterocycles. The minimum atomic E-state index is -0.143. The van der Waals surface area contributed by atoms with Gasteiger partial charge in [0.15, 0.2) is 6.29 Å². The van der Waals surface area contributed by atoms with Crippen molar-refractivity contribution in [3.8, 4) is 0 Å². The first kappa shape index (κ1) is 14.1. The number of hydrogen-bond acceptors (Lipinski definition) is 2. The van der Waals surface area contributed by atoms with Crippen molar-refractivity contribution in [3.05, 3.63) is 77.4 Å². The Hall–Kier alpha value is -1.90. The normalized spacial score (nSPS) is 21.6. The van der Waals surface area contributed by atoms with Crippen LogP contribution in [0.1, 0.15) is 30.6 Å². The molecule has 108 valence electrons. The van der Waals surface area contributed by atoms with E-state index in [2.05, 4.69) is 37.3 Å². The van der Waals surface area contributed by atoms with E-state index < -0.39 is 0 Å². The second kappa shape index (κ2) is 6.70. The standard InChI is InChI=1S/C19H20O2/c1-15(18-10-6-3-7-11-18)21-19-13-17(14-20-19)12-16-8-4-2-5-9-16/h2-12,15,19H,13-14H2,1H3/b17-12-/t15-,19+/m1/s1. The number of hydrogen-bond donors (Lipinski definition) is 0. The van der Waals surface area contributed by atoms with Crippen LogP contribution in [-0.4, -0.2) is 12.9 Å². The topological polar surface area (TPSA) is 18.5 Å². The first-order valence-electron chi connectivity index (χ1n) is 7.38. The van der Waals surface area contributed by atoms with Crippen LogP contribution in [0.4, 0.5) is 0 Å². The average molecular weight is 280 g/mol. The summed E-state index contributed by atoms with van der Waals surface area (Å²) in [7, 11) is 0. The fraction of sp³-hybridized carbons (Fsp3) is 0.263. The lowest BCUT2D eigenvalue weighted by molar-refractivity contribution is -0.140. The summed E-state index contributed by atoms with van der Waals surface area (Å²) in [6, 6.07) is 20.6. The number of rotatable bonds is 4. The van der Waals surface area contributed by atoms with E-state index >= 15 is 0 Å². The zero-order chi connectivity index (χ0) is 14.5. The zero-order valence-electron chi connectivity index (χ0n) is 12.2. The highest BCUT2D eigenvalue weighted by atomic mass is 16.7. The summed E-state index contributed by atoms with van der Waals surface area (Å²) >= 11 is 0. The third-order valence-electron chi connectivity index (χ3n) is 3.68. The molecule has 0 unspecified atom stereocenters. The maximum atomic E-state index is 6.00. The molecule has 0 aliphatic carbocycles. The molecule has 1 saturated heterocycles. The van der Waals surface area contributed by atoms with Crippen molar-refractivity contribution in [3.63, 3.8) is 0 Å². The summed E-state index contributed by atoms with van der Waals surface area (Å²) in [5.41, 5.74) is 3.68. The van der Waals surface area contributed by atoms with Crippen LogP contribution in [0.5, 0.6) is 0 Å². The summed E-state index contributed by atoms with van der Waals surface area (Å²) < 4.78 is 11.7. The van der Waals surface area contributed by atoms with Gasteiger partial charge in [-0.1, -0.05) is 66.7 Å². The van der Waals surface area contributed by atoms with Gasteiger partial charge >= 0.3 is 0 Å². The van der Waals surface area contributed by atoms with Crippen LogP contribution in [0.3, 0.4) is 0 Å². The van der Waals surface area contributed by atoms with Crippen molar-refractivity contribution in [2.75, 3.05) is 6.61 Å². The van der Waals surface area contributed by atoms with Gasteiger partial charge in [-0.15, -0.1) is 0 Å². The van der Waals surface area contributed by atoms with Gasteiger partial charge in [-0.25, -0.2) is 0 Å². The molecule has 0 spiro atoms. The van der Waals surface area contributed by atoms with E-state index in [0.29, 0.717) is 6.61 Å². The Morgan fingerprint density at radius 2 is 1.71 bits per heavy atom. The predicted octanol–water partition coefficient (Wildman–Crippen LogP) is 4.59. The van der Waals surface area contributed by atoms with Crippen LogP contribution >= 0.6 is 0 Å².